The minimum atomic E-state index is -3.93. The molecule has 4 heterocycles. The number of rotatable bonds is 11. The largest absolute Gasteiger partial charge is 0.344 e. The quantitative estimate of drug-likeness (QED) is 0.136. The van der Waals surface area contributed by atoms with Gasteiger partial charge in [0, 0.05) is 36.6 Å². The lowest BCUT2D eigenvalue weighted by Crippen LogP contribution is -2.38. The first kappa shape index (κ1) is 41.0. The second-order valence-corrected chi connectivity index (χ2v) is 17.1. The number of benzene rings is 3. The molecule has 2 aliphatic rings. The van der Waals surface area contributed by atoms with Crippen molar-refractivity contribution in [2.45, 2.75) is 43.7 Å². The predicted molar refractivity (Wildman–Crippen MR) is 209 cm³/mol. The summed E-state index contributed by atoms with van der Waals surface area (Å²) in [6.45, 7) is -1.02. The molecule has 0 radical (unpaired) electrons. The van der Waals surface area contributed by atoms with E-state index in [1.807, 2.05) is 0 Å². The molecule has 0 unspecified atom stereocenters. The number of carbonyl (C=O) groups excluding carboxylic acids is 1. The van der Waals surface area contributed by atoms with E-state index in [0.29, 0.717) is 10.7 Å². The number of halogens is 8. The molecule has 9 rings (SSSR count). The number of anilines is 1. The molecule has 3 aromatic carbocycles. The summed E-state index contributed by atoms with van der Waals surface area (Å²) in [4.78, 5) is 41.8. The number of aromatic nitrogens is 8. The van der Waals surface area contributed by atoms with Crippen LogP contribution >= 0.6 is 11.6 Å². The Bertz CT molecular complexity index is 3180. The fraction of sp³-hybridized carbons (Fsp3) is 0.256. The number of aryl methyl sites for hydroxylation is 1. The summed E-state index contributed by atoms with van der Waals surface area (Å²) < 4.78 is 132. The highest BCUT2D eigenvalue weighted by Gasteiger charge is 2.67. The third kappa shape index (κ3) is 7.09. The van der Waals surface area contributed by atoms with E-state index in [1.54, 1.807) is 0 Å². The van der Waals surface area contributed by atoms with Gasteiger partial charge in [-0.25, -0.2) is 45.3 Å². The van der Waals surface area contributed by atoms with Crippen LogP contribution in [0.1, 0.15) is 53.1 Å². The second kappa shape index (κ2) is 14.6. The van der Waals surface area contributed by atoms with Crippen molar-refractivity contribution in [1.82, 2.24) is 44.4 Å². The molecule has 4 aromatic heterocycles. The summed E-state index contributed by atoms with van der Waals surface area (Å²) in [6, 6.07) is 7.85. The highest BCUT2D eigenvalue weighted by atomic mass is 35.5. The van der Waals surface area contributed by atoms with Gasteiger partial charge in [-0.2, -0.15) is 19.0 Å². The Kier molecular flexibility index (Phi) is 9.65. The molecule has 3 atom stereocenters. The number of hydrogen-bond acceptors (Lipinski definition) is 9. The molecule has 7 aromatic rings. The van der Waals surface area contributed by atoms with Crippen LogP contribution in [0.5, 0.6) is 0 Å². The zero-order valence-corrected chi connectivity index (χ0v) is 33.4. The van der Waals surface area contributed by atoms with Gasteiger partial charge in [0.05, 0.1) is 57.2 Å². The molecule has 0 saturated heterocycles. The molecule has 320 valence electrons. The number of amides is 1. The van der Waals surface area contributed by atoms with Crippen molar-refractivity contribution in [3.63, 3.8) is 0 Å². The zero-order valence-electron chi connectivity index (χ0n) is 31.8. The molecule has 23 heteroatoms. The summed E-state index contributed by atoms with van der Waals surface area (Å²) in [6.07, 6.45) is -1.05. The summed E-state index contributed by atoms with van der Waals surface area (Å²) >= 11 is 6.60. The van der Waals surface area contributed by atoms with E-state index >= 15 is 8.78 Å². The molecule has 2 aliphatic carbocycles. The first-order valence-corrected chi connectivity index (χ1v) is 20.7. The summed E-state index contributed by atoms with van der Waals surface area (Å²) in [5.74, 6) is -9.99. The van der Waals surface area contributed by atoms with Crippen molar-refractivity contribution in [2.75, 3.05) is 11.0 Å². The molecule has 0 aliphatic heterocycles. The SMILES string of the molecule is Cn1nc(NS(C)(=O)=O)c2c(Cl)ccc(-n3c([C@H](Cc4cc(F)cc(F)c4)NC(=O)Cn4nc(C(F)F)c5c4C(F)(F)[C@@H]4C[C@H]54)nc4cc(-c5ncc(F)cn5)ccc4c3=O)c21. The molecule has 2 N–H and O–H groups in total. The number of hydrogen-bond donors (Lipinski definition) is 2. The van der Waals surface area contributed by atoms with E-state index in [-0.39, 0.29) is 73.1 Å². The molecular weight excluding hydrogens is 873 g/mol. The van der Waals surface area contributed by atoms with Gasteiger partial charge in [-0.1, -0.05) is 17.7 Å². The molecular formula is C39H28ClF7N10O4S. The van der Waals surface area contributed by atoms with Gasteiger partial charge in [0.1, 0.15) is 35.4 Å². The first-order valence-electron chi connectivity index (χ1n) is 18.5. The molecule has 1 amide bonds. The third-order valence-corrected chi connectivity index (χ3v) is 11.6. The predicted octanol–water partition coefficient (Wildman–Crippen LogP) is 6.61. The third-order valence-electron chi connectivity index (χ3n) is 10.7. The maximum absolute atomic E-state index is 15.5. The number of nitrogens with zero attached hydrogens (tertiary/aromatic N) is 8. The van der Waals surface area contributed by atoms with Crippen molar-refractivity contribution in [3.8, 4) is 17.1 Å². The lowest BCUT2D eigenvalue weighted by molar-refractivity contribution is -0.123. The van der Waals surface area contributed by atoms with Crippen LogP contribution in [0.25, 0.3) is 38.9 Å². The lowest BCUT2D eigenvalue weighted by Gasteiger charge is -2.24. The van der Waals surface area contributed by atoms with Crippen LogP contribution < -0.4 is 15.6 Å². The number of nitrogens with one attached hydrogen (secondary N) is 2. The van der Waals surface area contributed by atoms with Gasteiger partial charge in [-0.3, -0.25) is 28.2 Å². The zero-order chi connectivity index (χ0) is 44.2. The highest BCUT2D eigenvalue weighted by molar-refractivity contribution is 7.92. The van der Waals surface area contributed by atoms with Crippen LogP contribution in [0, 0.1) is 23.4 Å². The Morgan fingerprint density at radius 1 is 1.00 bits per heavy atom. The molecule has 1 fully saturated rings. The number of sulfonamides is 1. The first-order chi connectivity index (χ1) is 29.3. The Morgan fingerprint density at radius 3 is 2.39 bits per heavy atom. The van der Waals surface area contributed by atoms with Gasteiger partial charge < -0.3 is 5.32 Å². The van der Waals surface area contributed by atoms with E-state index in [9.17, 15) is 40.0 Å². The fourth-order valence-corrected chi connectivity index (χ4v) is 8.92. The molecule has 0 bridgehead atoms. The second-order valence-electron chi connectivity index (χ2n) is 15.0. The Labute approximate surface area is 349 Å². The van der Waals surface area contributed by atoms with Crippen molar-refractivity contribution < 1.29 is 43.9 Å². The summed E-state index contributed by atoms with van der Waals surface area (Å²) in [5, 5.41) is 10.6. The van der Waals surface area contributed by atoms with Crippen LogP contribution in [-0.4, -0.2) is 59.7 Å². The topological polar surface area (TPSA) is 172 Å². The standard InChI is InChI=1S/C39H28ClF7N10O4S/c1-55-32-27(6-5-24(40)30(32)36(53-55)54-62(2,60)61)57-37(51-25-10-17(3-4-21(25)38(57)59)35-48-13-20(43)14-49-35)26(9-16-7-18(41)11-19(42)8-16)50-28(58)15-56-33-29(31(52-56)34(44)45)22-12-23(22)39(33,46)47/h3-8,10-11,13-14,22-23,26,34H,9,12,15H2,1-2H3,(H,50,58)(H,53,54)/t22-,23+,26-/m0/s1. The number of carbonyl (C=O) groups is 1. The fourth-order valence-electron chi connectivity index (χ4n) is 8.18. The van der Waals surface area contributed by atoms with E-state index in [4.69, 9.17) is 16.6 Å². The van der Waals surface area contributed by atoms with Gasteiger partial charge >= 0.3 is 0 Å². The average Bonchev–Trinajstić information content (AvgIpc) is 3.73. The van der Waals surface area contributed by atoms with Crippen LogP contribution in [0.3, 0.4) is 0 Å². The molecule has 1 saturated carbocycles. The van der Waals surface area contributed by atoms with E-state index in [0.717, 1.165) is 35.3 Å². The average molecular weight is 901 g/mol. The van der Waals surface area contributed by atoms with E-state index in [1.165, 1.54) is 42.1 Å². The Balaban J connectivity index is 1.26. The van der Waals surface area contributed by atoms with Crippen LogP contribution in [-0.2, 0) is 40.8 Å². The van der Waals surface area contributed by atoms with Gasteiger partial charge in [0.15, 0.2) is 17.5 Å². The minimum Gasteiger partial charge on any atom is -0.344 e. The molecule has 14 nitrogen and oxygen atoms in total. The minimum absolute atomic E-state index is 0.000245. The van der Waals surface area contributed by atoms with Gasteiger partial charge in [0.25, 0.3) is 17.9 Å². The Morgan fingerprint density at radius 2 is 1.71 bits per heavy atom. The van der Waals surface area contributed by atoms with Gasteiger partial charge in [-0.05, 0) is 54.3 Å². The van der Waals surface area contributed by atoms with E-state index in [2.05, 4.69) is 30.2 Å². The van der Waals surface area contributed by atoms with Gasteiger partial charge in [-0.15, -0.1) is 0 Å². The smallest absolute Gasteiger partial charge is 0.293 e. The number of fused-ring (bicyclic) bond motifs is 5. The molecule has 0 spiro atoms. The lowest BCUT2D eigenvalue weighted by atomic mass is 10.0. The van der Waals surface area contributed by atoms with Crippen molar-refractivity contribution in [1.29, 1.82) is 0 Å². The van der Waals surface area contributed by atoms with Crippen LogP contribution in [0.15, 0.2) is 65.7 Å². The van der Waals surface area contributed by atoms with Crippen LogP contribution in [0.2, 0.25) is 5.02 Å². The van der Waals surface area contributed by atoms with Crippen molar-refractivity contribution in [3.05, 3.63) is 122 Å². The highest BCUT2D eigenvalue weighted by Crippen LogP contribution is 2.68. The normalized spacial score (nSPS) is 17.1. The maximum Gasteiger partial charge on any atom is 0.293 e. The van der Waals surface area contributed by atoms with Crippen molar-refractivity contribution >= 4 is 55.2 Å². The van der Waals surface area contributed by atoms with Gasteiger partial charge in [0.2, 0.25) is 15.9 Å². The molecule has 62 heavy (non-hydrogen) atoms. The summed E-state index contributed by atoms with van der Waals surface area (Å²) in [7, 11) is -2.51. The van der Waals surface area contributed by atoms with Crippen molar-refractivity contribution in [2.24, 2.45) is 13.0 Å². The van der Waals surface area contributed by atoms with Crippen LogP contribution in [0.4, 0.5) is 36.6 Å². The Hall–Kier alpha value is -6.42. The monoisotopic (exact) mass is 900 g/mol. The summed E-state index contributed by atoms with van der Waals surface area (Å²) in [5.41, 5.74) is -2.63. The number of alkyl halides is 4. The van der Waals surface area contributed by atoms with E-state index < -0.39 is 93.5 Å². The maximum atomic E-state index is 15.5.